The molecule has 4 rings (SSSR count). The van der Waals surface area contributed by atoms with Gasteiger partial charge >= 0.3 is 0 Å². The number of amides is 1. The number of hydrogen-bond donors (Lipinski definition) is 1. The van der Waals surface area contributed by atoms with Crippen molar-refractivity contribution < 1.29 is 4.79 Å². The van der Waals surface area contributed by atoms with Crippen LogP contribution in [0.25, 0.3) is 10.9 Å². The Bertz CT molecular complexity index is 1040. The van der Waals surface area contributed by atoms with Crippen molar-refractivity contribution in [2.45, 2.75) is 39.5 Å². The van der Waals surface area contributed by atoms with Crippen LogP contribution in [0.3, 0.4) is 0 Å². The molecule has 2 aromatic heterocycles. The number of carbonyl (C=O) groups is 1. The zero-order chi connectivity index (χ0) is 20.4. The summed E-state index contributed by atoms with van der Waals surface area (Å²) < 4.78 is 1.81. The molecule has 0 saturated heterocycles. The number of fused-ring (bicyclic) bond motifs is 1. The van der Waals surface area contributed by atoms with Gasteiger partial charge in [0, 0.05) is 42.9 Å². The lowest BCUT2D eigenvalue weighted by Crippen LogP contribution is -2.37. The maximum absolute atomic E-state index is 13.5. The SMILES string of the molecule is Cc1nn(C)c(C)c1C(=O)N(CCc1c[nH]c2ccccc12)C[C@H]1CC=CCC1. The van der Waals surface area contributed by atoms with Gasteiger partial charge in [-0.3, -0.25) is 9.48 Å². The largest absolute Gasteiger partial charge is 0.361 e. The van der Waals surface area contributed by atoms with Crippen molar-refractivity contribution in [2.24, 2.45) is 13.0 Å². The fourth-order valence-corrected chi connectivity index (χ4v) is 4.44. The molecule has 0 saturated carbocycles. The van der Waals surface area contributed by atoms with Gasteiger partial charge in [0.2, 0.25) is 0 Å². The van der Waals surface area contributed by atoms with Crippen molar-refractivity contribution in [3.05, 3.63) is 65.1 Å². The summed E-state index contributed by atoms with van der Waals surface area (Å²) in [5.74, 6) is 0.645. The minimum absolute atomic E-state index is 0.113. The standard InChI is InChI=1S/C24H30N4O/c1-17-23(18(2)27(3)26-17)24(29)28(16-19-9-5-4-6-10-19)14-13-20-15-25-22-12-8-7-11-21(20)22/h4-5,7-8,11-12,15,19,25H,6,9-10,13-14,16H2,1-3H3/t19-/m0/s1. The van der Waals surface area contributed by atoms with E-state index in [1.54, 1.807) is 0 Å². The molecule has 5 nitrogen and oxygen atoms in total. The zero-order valence-corrected chi connectivity index (χ0v) is 17.6. The topological polar surface area (TPSA) is 53.9 Å². The van der Waals surface area contributed by atoms with E-state index in [2.05, 4.69) is 51.5 Å². The summed E-state index contributed by atoms with van der Waals surface area (Å²) in [6.07, 6.45) is 10.8. The summed E-state index contributed by atoms with van der Waals surface area (Å²) in [6.45, 7) is 5.43. The third-order valence-electron chi connectivity index (χ3n) is 6.19. The third-order valence-corrected chi connectivity index (χ3v) is 6.19. The molecular formula is C24H30N4O. The van der Waals surface area contributed by atoms with Crippen LogP contribution in [0.15, 0.2) is 42.6 Å². The number of H-pyrrole nitrogens is 1. The lowest BCUT2D eigenvalue weighted by molar-refractivity contribution is 0.0725. The number of aryl methyl sites for hydroxylation is 2. The molecule has 5 heteroatoms. The van der Waals surface area contributed by atoms with Crippen LogP contribution >= 0.6 is 0 Å². The number of carbonyl (C=O) groups excluding carboxylic acids is 1. The Balaban J connectivity index is 1.57. The lowest BCUT2D eigenvalue weighted by atomic mass is 9.93. The van der Waals surface area contributed by atoms with Crippen LogP contribution in [-0.2, 0) is 13.5 Å². The van der Waals surface area contributed by atoms with Gasteiger partial charge in [0.25, 0.3) is 5.91 Å². The van der Waals surface area contributed by atoms with Crippen molar-refractivity contribution in [3.63, 3.8) is 0 Å². The molecule has 152 valence electrons. The molecule has 0 spiro atoms. The Kier molecular flexibility index (Phi) is 5.56. The lowest BCUT2D eigenvalue weighted by Gasteiger charge is -2.28. The first kappa shape index (κ1) is 19.5. The van der Waals surface area contributed by atoms with E-state index in [0.29, 0.717) is 12.5 Å². The van der Waals surface area contributed by atoms with Gasteiger partial charge in [0.1, 0.15) is 0 Å². The fourth-order valence-electron chi connectivity index (χ4n) is 4.44. The maximum atomic E-state index is 13.5. The monoisotopic (exact) mass is 390 g/mol. The molecule has 1 aromatic carbocycles. The molecule has 29 heavy (non-hydrogen) atoms. The summed E-state index contributed by atoms with van der Waals surface area (Å²) in [7, 11) is 1.90. The fraction of sp³-hybridized carbons (Fsp3) is 0.417. The minimum atomic E-state index is 0.113. The van der Waals surface area contributed by atoms with Crippen LogP contribution in [0.1, 0.15) is 46.6 Å². The highest BCUT2D eigenvalue weighted by atomic mass is 16.2. The van der Waals surface area contributed by atoms with Crippen LogP contribution in [0.2, 0.25) is 0 Å². The number of para-hydroxylation sites is 1. The van der Waals surface area contributed by atoms with E-state index in [0.717, 1.165) is 54.7 Å². The third kappa shape index (κ3) is 4.00. The maximum Gasteiger partial charge on any atom is 0.257 e. The molecule has 0 unspecified atom stereocenters. The molecule has 0 fully saturated rings. The Morgan fingerprint density at radius 1 is 1.28 bits per heavy atom. The second kappa shape index (κ2) is 8.27. The predicted octanol–water partition coefficient (Wildman–Crippen LogP) is 4.56. The smallest absolute Gasteiger partial charge is 0.257 e. The van der Waals surface area contributed by atoms with E-state index in [4.69, 9.17) is 0 Å². The van der Waals surface area contributed by atoms with Gasteiger partial charge in [-0.25, -0.2) is 0 Å². The first-order valence-electron chi connectivity index (χ1n) is 10.5. The van der Waals surface area contributed by atoms with Crippen LogP contribution < -0.4 is 0 Å². The van der Waals surface area contributed by atoms with Crippen molar-refractivity contribution >= 4 is 16.8 Å². The van der Waals surface area contributed by atoms with E-state index in [1.165, 1.54) is 10.9 Å². The Hall–Kier alpha value is -2.82. The van der Waals surface area contributed by atoms with Crippen molar-refractivity contribution in [3.8, 4) is 0 Å². The van der Waals surface area contributed by atoms with E-state index < -0.39 is 0 Å². The second-order valence-corrected chi connectivity index (χ2v) is 8.18. The van der Waals surface area contributed by atoms with E-state index in [1.807, 2.05) is 31.6 Å². The number of benzene rings is 1. The highest BCUT2D eigenvalue weighted by molar-refractivity contribution is 5.96. The first-order valence-corrected chi connectivity index (χ1v) is 10.5. The Labute approximate surface area is 172 Å². The molecule has 1 amide bonds. The molecule has 0 radical (unpaired) electrons. The number of rotatable bonds is 6. The molecule has 1 aliphatic rings. The highest BCUT2D eigenvalue weighted by Gasteiger charge is 2.25. The normalized spacial score (nSPS) is 16.4. The summed E-state index contributed by atoms with van der Waals surface area (Å²) >= 11 is 0. The van der Waals surface area contributed by atoms with Crippen LogP contribution in [0, 0.1) is 19.8 Å². The number of nitrogens with zero attached hydrogens (tertiary/aromatic N) is 3. The number of allylic oxidation sites excluding steroid dienone is 2. The molecule has 1 N–H and O–H groups in total. The van der Waals surface area contributed by atoms with E-state index in [-0.39, 0.29) is 5.91 Å². The summed E-state index contributed by atoms with van der Waals surface area (Å²) in [4.78, 5) is 19.0. The molecular weight excluding hydrogens is 360 g/mol. The molecule has 2 heterocycles. The average Bonchev–Trinajstić information content (AvgIpc) is 3.25. The second-order valence-electron chi connectivity index (χ2n) is 8.18. The van der Waals surface area contributed by atoms with Gasteiger partial charge in [-0.05, 0) is 57.1 Å². The number of nitrogens with one attached hydrogen (secondary N) is 1. The van der Waals surface area contributed by atoms with Crippen molar-refractivity contribution in [2.75, 3.05) is 13.1 Å². The summed E-state index contributed by atoms with van der Waals surface area (Å²) in [5, 5.41) is 5.71. The first-order chi connectivity index (χ1) is 14.0. The zero-order valence-electron chi connectivity index (χ0n) is 17.6. The Morgan fingerprint density at radius 2 is 2.10 bits per heavy atom. The van der Waals surface area contributed by atoms with Crippen LogP contribution in [0.4, 0.5) is 0 Å². The number of aromatic amines is 1. The number of hydrogen-bond acceptors (Lipinski definition) is 2. The van der Waals surface area contributed by atoms with Crippen molar-refractivity contribution in [1.29, 1.82) is 0 Å². The highest BCUT2D eigenvalue weighted by Crippen LogP contribution is 2.23. The summed E-state index contributed by atoms with van der Waals surface area (Å²) in [6, 6.07) is 8.36. The molecule has 3 aromatic rings. The van der Waals surface area contributed by atoms with Gasteiger partial charge in [0.05, 0.1) is 11.3 Å². The van der Waals surface area contributed by atoms with Crippen LogP contribution in [-0.4, -0.2) is 38.7 Å². The molecule has 0 aliphatic heterocycles. The minimum Gasteiger partial charge on any atom is -0.361 e. The molecule has 1 atom stereocenters. The average molecular weight is 391 g/mol. The number of aromatic nitrogens is 3. The van der Waals surface area contributed by atoms with Gasteiger partial charge in [-0.1, -0.05) is 30.4 Å². The van der Waals surface area contributed by atoms with E-state index in [9.17, 15) is 4.79 Å². The Morgan fingerprint density at radius 3 is 2.83 bits per heavy atom. The molecule has 0 bridgehead atoms. The van der Waals surface area contributed by atoms with Gasteiger partial charge in [-0.15, -0.1) is 0 Å². The van der Waals surface area contributed by atoms with Crippen molar-refractivity contribution in [1.82, 2.24) is 19.7 Å². The van der Waals surface area contributed by atoms with Crippen LogP contribution in [0.5, 0.6) is 0 Å². The van der Waals surface area contributed by atoms with Gasteiger partial charge < -0.3 is 9.88 Å². The quantitative estimate of drug-likeness (QED) is 0.627. The molecule has 1 aliphatic carbocycles. The van der Waals surface area contributed by atoms with Gasteiger partial charge in [-0.2, -0.15) is 5.10 Å². The van der Waals surface area contributed by atoms with Gasteiger partial charge in [0.15, 0.2) is 0 Å². The summed E-state index contributed by atoms with van der Waals surface area (Å²) in [5.41, 5.74) is 4.93. The van der Waals surface area contributed by atoms with E-state index >= 15 is 0 Å². The predicted molar refractivity (Wildman–Crippen MR) is 117 cm³/mol.